The van der Waals surface area contributed by atoms with Crippen LogP contribution in [-0.4, -0.2) is 13.4 Å². The van der Waals surface area contributed by atoms with Gasteiger partial charge in [0.25, 0.3) is 10.0 Å². The van der Waals surface area contributed by atoms with Crippen molar-refractivity contribution in [1.82, 2.24) is 4.98 Å². The molecule has 4 nitrogen and oxygen atoms in total. The zero-order valence-electron chi connectivity index (χ0n) is 9.27. The standard InChI is InChI=1S/C11H7Cl2FN2O2S/c12-9-2-1-3-10(13)11(9)16-19(17,18)8-4-7(14)5-15-6-8/h1-6,16H. The number of nitrogens with one attached hydrogen (secondary N) is 1. The number of para-hydroxylation sites is 1. The minimum atomic E-state index is -4.00. The van der Waals surface area contributed by atoms with Crippen LogP contribution in [0.15, 0.2) is 41.6 Å². The molecule has 0 aliphatic carbocycles. The molecule has 0 aliphatic rings. The van der Waals surface area contributed by atoms with E-state index in [0.29, 0.717) is 0 Å². The smallest absolute Gasteiger partial charge is 0.263 e. The summed E-state index contributed by atoms with van der Waals surface area (Å²) in [4.78, 5) is 3.16. The number of nitrogens with zero attached hydrogens (tertiary/aromatic N) is 1. The number of rotatable bonds is 3. The van der Waals surface area contributed by atoms with Crippen LogP contribution in [0.2, 0.25) is 10.0 Å². The van der Waals surface area contributed by atoms with Gasteiger partial charge >= 0.3 is 0 Å². The molecule has 1 aromatic heterocycles. The van der Waals surface area contributed by atoms with Gasteiger partial charge in [0.15, 0.2) is 0 Å². The van der Waals surface area contributed by atoms with Crippen molar-refractivity contribution in [2.45, 2.75) is 4.90 Å². The monoisotopic (exact) mass is 320 g/mol. The molecule has 0 bridgehead atoms. The molecule has 1 aromatic carbocycles. The summed E-state index contributed by atoms with van der Waals surface area (Å²) in [5.74, 6) is -0.756. The van der Waals surface area contributed by atoms with Crippen molar-refractivity contribution in [3.63, 3.8) is 0 Å². The molecule has 1 heterocycles. The minimum absolute atomic E-state index is 0.0371. The van der Waals surface area contributed by atoms with Gasteiger partial charge in [-0.05, 0) is 18.2 Å². The summed E-state index contributed by atoms with van der Waals surface area (Å²) in [6.45, 7) is 0. The van der Waals surface area contributed by atoms with Crippen molar-refractivity contribution in [1.29, 1.82) is 0 Å². The highest BCUT2D eigenvalue weighted by atomic mass is 35.5. The molecule has 0 saturated carbocycles. The van der Waals surface area contributed by atoms with Crippen molar-refractivity contribution in [3.8, 4) is 0 Å². The third-order valence-electron chi connectivity index (χ3n) is 2.19. The van der Waals surface area contributed by atoms with E-state index in [9.17, 15) is 12.8 Å². The fourth-order valence-electron chi connectivity index (χ4n) is 1.33. The van der Waals surface area contributed by atoms with E-state index < -0.39 is 15.8 Å². The second-order valence-electron chi connectivity index (χ2n) is 3.54. The van der Waals surface area contributed by atoms with E-state index in [1.807, 2.05) is 0 Å². The minimum Gasteiger partial charge on any atom is -0.277 e. The third kappa shape index (κ3) is 3.15. The maximum Gasteiger partial charge on any atom is 0.263 e. The van der Waals surface area contributed by atoms with Gasteiger partial charge in [-0.2, -0.15) is 0 Å². The lowest BCUT2D eigenvalue weighted by molar-refractivity contribution is 0.592. The van der Waals surface area contributed by atoms with Crippen LogP contribution in [0.4, 0.5) is 10.1 Å². The normalized spacial score (nSPS) is 11.3. The van der Waals surface area contributed by atoms with E-state index in [0.717, 1.165) is 18.5 Å². The molecule has 2 aromatic rings. The van der Waals surface area contributed by atoms with Crippen molar-refractivity contribution in [2.24, 2.45) is 0 Å². The largest absolute Gasteiger partial charge is 0.277 e. The van der Waals surface area contributed by atoms with Gasteiger partial charge in [-0.25, -0.2) is 12.8 Å². The van der Waals surface area contributed by atoms with Crippen molar-refractivity contribution >= 4 is 38.9 Å². The molecule has 0 unspecified atom stereocenters. The highest BCUT2D eigenvalue weighted by Crippen LogP contribution is 2.31. The number of sulfonamides is 1. The van der Waals surface area contributed by atoms with E-state index in [4.69, 9.17) is 23.2 Å². The number of aromatic nitrogens is 1. The molecule has 100 valence electrons. The molecule has 0 amide bonds. The van der Waals surface area contributed by atoms with Crippen LogP contribution in [0.1, 0.15) is 0 Å². The summed E-state index contributed by atoms with van der Waals surface area (Å²) in [6.07, 6.45) is 1.93. The van der Waals surface area contributed by atoms with Gasteiger partial charge in [0, 0.05) is 6.20 Å². The van der Waals surface area contributed by atoms with Crippen LogP contribution in [0.5, 0.6) is 0 Å². The fraction of sp³-hybridized carbons (Fsp3) is 0. The first kappa shape index (κ1) is 14.0. The Morgan fingerprint density at radius 2 is 1.79 bits per heavy atom. The summed E-state index contributed by atoms with van der Waals surface area (Å²) in [5, 5.41) is 0.279. The first-order chi connectivity index (χ1) is 8.90. The summed E-state index contributed by atoms with van der Waals surface area (Å²) >= 11 is 11.7. The van der Waals surface area contributed by atoms with Crippen LogP contribution in [0, 0.1) is 5.82 Å². The summed E-state index contributed by atoms with van der Waals surface area (Å²) in [7, 11) is -4.00. The molecule has 8 heteroatoms. The number of halogens is 3. The quantitative estimate of drug-likeness (QED) is 0.943. The molecule has 2 rings (SSSR count). The molecule has 0 radical (unpaired) electrons. The van der Waals surface area contributed by atoms with Crippen molar-refractivity contribution in [2.75, 3.05) is 4.72 Å². The average Bonchev–Trinajstić information content (AvgIpc) is 2.34. The van der Waals surface area contributed by atoms with Gasteiger partial charge in [0.05, 0.1) is 21.9 Å². The summed E-state index contributed by atoms with van der Waals surface area (Å²) in [5.41, 5.74) is 0.0371. The van der Waals surface area contributed by atoms with E-state index in [2.05, 4.69) is 9.71 Å². The van der Waals surface area contributed by atoms with Crippen LogP contribution in [-0.2, 0) is 10.0 Å². The van der Waals surface area contributed by atoms with Gasteiger partial charge in [-0.15, -0.1) is 0 Å². The maximum atomic E-state index is 13.0. The van der Waals surface area contributed by atoms with E-state index >= 15 is 0 Å². The molecule has 0 saturated heterocycles. The number of hydrogen-bond donors (Lipinski definition) is 1. The highest BCUT2D eigenvalue weighted by Gasteiger charge is 2.18. The Labute approximate surface area is 119 Å². The first-order valence-electron chi connectivity index (χ1n) is 4.97. The van der Waals surface area contributed by atoms with Gasteiger partial charge in [-0.1, -0.05) is 29.3 Å². The SMILES string of the molecule is O=S(=O)(Nc1c(Cl)cccc1Cl)c1cncc(F)c1. The van der Waals surface area contributed by atoms with E-state index in [1.165, 1.54) is 12.1 Å². The van der Waals surface area contributed by atoms with E-state index in [-0.39, 0.29) is 20.6 Å². The average molecular weight is 321 g/mol. The number of hydrogen-bond acceptors (Lipinski definition) is 3. The molecular weight excluding hydrogens is 314 g/mol. The maximum absolute atomic E-state index is 13.0. The number of benzene rings is 1. The van der Waals surface area contributed by atoms with Gasteiger partial charge in [-0.3, -0.25) is 9.71 Å². The lowest BCUT2D eigenvalue weighted by Gasteiger charge is -2.10. The lowest BCUT2D eigenvalue weighted by atomic mass is 10.3. The van der Waals surface area contributed by atoms with Gasteiger partial charge < -0.3 is 0 Å². The number of pyridine rings is 1. The fourth-order valence-corrected chi connectivity index (χ4v) is 3.01. The highest BCUT2D eigenvalue weighted by molar-refractivity contribution is 7.92. The van der Waals surface area contributed by atoms with Crippen molar-refractivity contribution < 1.29 is 12.8 Å². The van der Waals surface area contributed by atoms with Gasteiger partial charge in [0.1, 0.15) is 10.7 Å². The predicted octanol–water partition coefficient (Wildman–Crippen LogP) is 3.33. The summed E-state index contributed by atoms with van der Waals surface area (Å²) < 4.78 is 39.2. The Morgan fingerprint density at radius 3 is 2.37 bits per heavy atom. The molecular formula is C11H7Cl2FN2O2S. The van der Waals surface area contributed by atoms with Gasteiger partial charge in [0.2, 0.25) is 0 Å². The Balaban J connectivity index is 2.42. The summed E-state index contributed by atoms with van der Waals surface area (Å²) in [6, 6.07) is 5.39. The second kappa shape index (κ2) is 5.32. The molecule has 0 fully saturated rings. The van der Waals surface area contributed by atoms with Crippen LogP contribution in [0.3, 0.4) is 0 Å². The van der Waals surface area contributed by atoms with Crippen molar-refractivity contribution in [3.05, 3.63) is 52.5 Å². The second-order valence-corrected chi connectivity index (χ2v) is 6.04. The Kier molecular flexibility index (Phi) is 3.93. The molecule has 1 N–H and O–H groups in total. The zero-order valence-corrected chi connectivity index (χ0v) is 11.6. The molecule has 19 heavy (non-hydrogen) atoms. The Hall–Kier alpha value is -1.37. The molecule has 0 aliphatic heterocycles. The third-order valence-corrected chi connectivity index (χ3v) is 4.14. The number of anilines is 1. The lowest BCUT2D eigenvalue weighted by Crippen LogP contribution is -2.14. The van der Waals surface area contributed by atoms with Crippen LogP contribution in [0.25, 0.3) is 0 Å². The predicted molar refractivity (Wildman–Crippen MR) is 71.5 cm³/mol. The molecule has 0 atom stereocenters. The molecule has 0 spiro atoms. The first-order valence-corrected chi connectivity index (χ1v) is 7.21. The van der Waals surface area contributed by atoms with E-state index in [1.54, 1.807) is 6.07 Å². The Morgan fingerprint density at radius 1 is 1.16 bits per heavy atom. The Bertz CT molecular complexity index is 702. The topological polar surface area (TPSA) is 59.1 Å². The zero-order chi connectivity index (χ0) is 14.0. The van der Waals surface area contributed by atoms with Crippen LogP contribution < -0.4 is 4.72 Å². The van der Waals surface area contributed by atoms with Crippen LogP contribution >= 0.6 is 23.2 Å².